The molecule has 0 atom stereocenters. The highest BCUT2D eigenvalue weighted by molar-refractivity contribution is 5.79. The van der Waals surface area contributed by atoms with Gasteiger partial charge in [-0.15, -0.1) is 0 Å². The lowest BCUT2D eigenvalue weighted by molar-refractivity contribution is -0.153. The molecular weight excluding hydrogens is 264 g/mol. The van der Waals surface area contributed by atoms with Gasteiger partial charge >= 0.3 is 18.0 Å². The van der Waals surface area contributed by atoms with Crippen molar-refractivity contribution < 1.29 is 24.2 Å². The summed E-state index contributed by atoms with van der Waals surface area (Å²) >= 11 is 0. The molecule has 0 aromatic heterocycles. The molecule has 7 heteroatoms. The van der Waals surface area contributed by atoms with E-state index >= 15 is 0 Å². The normalized spacial score (nSPS) is 15.9. The molecule has 0 radical (unpaired) electrons. The molecule has 20 heavy (non-hydrogen) atoms. The molecule has 0 bridgehead atoms. The fraction of sp³-hybridized carbons (Fsp3) is 0.769. The van der Waals surface area contributed by atoms with Crippen molar-refractivity contribution in [3.05, 3.63) is 0 Å². The van der Waals surface area contributed by atoms with Crippen LogP contribution < -0.4 is 5.32 Å². The van der Waals surface area contributed by atoms with Gasteiger partial charge in [0.05, 0.1) is 18.4 Å². The lowest BCUT2D eigenvalue weighted by Crippen LogP contribution is -2.50. The molecule has 1 rings (SSSR count). The Balaban J connectivity index is 2.31. The average molecular weight is 286 g/mol. The maximum atomic E-state index is 11.8. The van der Waals surface area contributed by atoms with Gasteiger partial charge in [-0.25, -0.2) is 4.79 Å². The van der Waals surface area contributed by atoms with E-state index in [9.17, 15) is 14.4 Å². The maximum absolute atomic E-state index is 11.8. The Kier molecular flexibility index (Phi) is 5.79. The van der Waals surface area contributed by atoms with E-state index in [1.54, 1.807) is 14.0 Å². The first-order valence-corrected chi connectivity index (χ1v) is 6.79. The second kappa shape index (κ2) is 7.12. The van der Waals surface area contributed by atoms with Crippen LogP contribution in [0.15, 0.2) is 0 Å². The zero-order valence-electron chi connectivity index (χ0n) is 12.0. The summed E-state index contributed by atoms with van der Waals surface area (Å²) in [6.45, 7) is 2.41. The fourth-order valence-corrected chi connectivity index (χ4v) is 2.04. The lowest BCUT2D eigenvalue weighted by Gasteiger charge is -2.37. The van der Waals surface area contributed by atoms with Gasteiger partial charge in [0.25, 0.3) is 0 Å². The van der Waals surface area contributed by atoms with Crippen molar-refractivity contribution in [2.45, 2.75) is 32.6 Å². The topological polar surface area (TPSA) is 95.9 Å². The molecule has 0 aromatic rings. The number of urea groups is 1. The molecule has 1 aliphatic rings. The van der Waals surface area contributed by atoms with Gasteiger partial charge in [-0.3, -0.25) is 9.59 Å². The van der Waals surface area contributed by atoms with E-state index in [-0.39, 0.29) is 31.5 Å². The first-order valence-electron chi connectivity index (χ1n) is 6.79. The Morgan fingerprint density at radius 2 is 2.00 bits per heavy atom. The van der Waals surface area contributed by atoms with Crippen molar-refractivity contribution in [2.24, 2.45) is 5.41 Å². The molecule has 1 fully saturated rings. The standard InChI is InChI=1S/C13H22N2O5/c1-3-20-10(16)5-8-15(2)12(19)14-9-13(11(17)18)6-4-7-13/h3-9H2,1-2H3,(H,14,19)(H,17,18). The van der Waals surface area contributed by atoms with Crippen LogP contribution in [0.5, 0.6) is 0 Å². The van der Waals surface area contributed by atoms with Crippen LogP contribution >= 0.6 is 0 Å². The van der Waals surface area contributed by atoms with Crippen LogP contribution in [0.2, 0.25) is 0 Å². The van der Waals surface area contributed by atoms with Gasteiger partial charge in [0.15, 0.2) is 0 Å². The van der Waals surface area contributed by atoms with E-state index in [0.717, 1.165) is 6.42 Å². The van der Waals surface area contributed by atoms with Crippen LogP contribution in [-0.2, 0) is 14.3 Å². The Morgan fingerprint density at radius 1 is 1.35 bits per heavy atom. The molecule has 7 nitrogen and oxygen atoms in total. The minimum atomic E-state index is -0.863. The summed E-state index contributed by atoms with van der Waals surface area (Å²) in [7, 11) is 1.56. The van der Waals surface area contributed by atoms with Crippen LogP contribution in [-0.4, -0.2) is 54.7 Å². The van der Waals surface area contributed by atoms with E-state index in [2.05, 4.69) is 5.32 Å². The highest BCUT2D eigenvalue weighted by Gasteiger charge is 2.44. The molecule has 2 N–H and O–H groups in total. The van der Waals surface area contributed by atoms with E-state index in [1.807, 2.05) is 0 Å². The van der Waals surface area contributed by atoms with Gasteiger partial charge in [-0.05, 0) is 19.8 Å². The molecule has 1 aliphatic carbocycles. The van der Waals surface area contributed by atoms with Crippen molar-refractivity contribution >= 4 is 18.0 Å². The number of rotatable bonds is 7. The van der Waals surface area contributed by atoms with Crippen LogP contribution in [0, 0.1) is 5.41 Å². The molecule has 0 aliphatic heterocycles. The minimum absolute atomic E-state index is 0.127. The first kappa shape index (κ1) is 16.3. The molecule has 1 saturated carbocycles. The van der Waals surface area contributed by atoms with Gasteiger partial charge in [-0.2, -0.15) is 0 Å². The Hall–Kier alpha value is -1.79. The van der Waals surface area contributed by atoms with Gasteiger partial charge in [0.2, 0.25) is 0 Å². The summed E-state index contributed by atoms with van der Waals surface area (Å²) in [5, 5.41) is 11.8. The predicted octanol–water partition coefficient (Wildman–Crippen LogP) is 0.836. The number of carbonyl (C=O) groups excluding carboxylic acids is 2. The largest absolute Gasteiger partial charge is 0.481 e. The molecular formula is C13H22N2O5. The number of amides is 2. The highest BCUT2D eigenvalue weighted by Crippen LogP contribution is 2.40. The van der Waals surface area contributed by atoms with Gasteiger partial charge < -0.3 is 20.1 Å². The number of nitrogens with one attached hydrogen (secondary N) is 1. The highest BCUT2D eigenvalue weighted by atomic mass is 16.5. The SMILES string of the molecule is CCOC(=O)CCN(C)C(=O)NCC1(C(=O)O)CCC1. The Morgan fingerprint density at radius 3 is 2.45 bits per heavy atom. The first-order chi connectivity index (χ1) is 9.41. The number of carbonyl (C=O) groups is 3. The molecule has 0 spiro atoms. The summed E-state index contributed by atoms with van der Waals surface area (Å²) in [6.07, 6.45) is 2.19. The molecule has 114 valence electrons. The van der Waals surface area contributed by atoms with Gasteiger partial charge in [-0.1, -0.05) is 6.42 Å². The number of hydrogen-bond acceptors (Lipinski definition) is 4. The van der Waals surface area contributed by atoms with Crippen molar-refractivity contribution in [2.75, 3.05) is 26.7 Å². The van der Waals surface area contributed by atoms with Crippen LogP contribution in [0.25, 0.3) is 0 Å². The maximum Gasteiger partial charge on any atom is 0.317 e. The van der Waals surface area contributed by atoms with Crippen molar-refractivity contribution in [1.82, 2.24) is 10.2 Å². The smallest absolute Gasteiger partial charge is 0.317 e. The predicted molar refractivity (Wildman–Crippen MR) is 71.2 cm³/mol. The molecule has 0 saturated heterocycles. The lowest BCUT2D eigenvalue weighted by atomic mass is 9.69. The summed E-state index contributed by atoms with van der Waals surface area (Å²) < 4.78 is 4.77. The van der Waals surface area contributed by atoms with Gasteiger partial charge in [0.1, 0.15) is 0 Å². The number of ether oxygens (including phenoxy) is 1. The summed E-state index contributed by atoms with van der Waals surface area (Å²) in [6, 6.07) is -0.373. The van der Waals surface area contributed by atoms with Crippen molar-refractivity contribution in [3.8, 4) is 0 Å². The Bertz CT molecular complexity index is 379. The van der Waals surface area contributed by atoms with Gasteiger partial charge in [0, 0.05) is 20.1 Å². The quantitative estimate of drug-likeness (QED) is 0.676. The summed E-state index contributed by atoms with van der Waals surface area (Å²) in [5.41, 5.74) is -0.808. The van der Waals surface area contributed by atoms with Crippen molar-refractivity contribution in [1.29, 1.82) is 0 Å². The summed E-state index contributed by atoms with van der Waals surface area (Å²) in [4.78, 5) is 35.5. The third-order valence-corrected chi connectivity index (χ3v) is 3.65. The Labute approximate surface area is 118 Å². The second-order valence-electron chi connectivity index (χ2n) is 5.07. The number of hydrogen-bond donors (Lipinski definition) is 2. The summed E-state index contributed by atoms with van der Waals surface area (Å²) in [5.74, 6) is -1.22. The average Bonchev–Trinajstić information content (AvgIpc) is 2.34. The van der Waals surface area contributed by atoms with Crippen LogP contribution in [0.1, 0.15) is 32.6 Å². The monoisotopic (exact) mass is 286 g/mol. The van der Waals surface area contributed by atoms with Crippen molar-refractivity contribution in [3.63, 3.8) is 0 Å². The molecule has 0 unspecified atom stereocenters. The number of carboxylic acids is 1. The number of esters is 1. The number of nitrogens with zero attached hydrogens (tertiary/aromatic N) is 1. The van der Waals surface area contributed by atoms with E-state index < -0.39 is 11.4 Å². The molecule has 0 aromatic carbocycles. The van der Waals surface area contributed by atoms with E-state index in [1.165, 1.54) is 4.90 Å². The van der Waals surface area contributed by atoms with Crippen LogP contribution in [0.4, 0.5) is 4.79 Å². The minimum Gasteiger partial charge on any atom is -0.481 e. The molecule has 2 amide bonds. The number of carboxylic acid groups (broad SMARTS) is 1. The number of aliphatic carboxylic acids is 1. The fourth-order valence-electron chi connectivity index (χ4n) is 2.04. The zero-order valence-corrected chi connectivity index (χ0v) is 12.0. The second-order valence-corrected chi connectivity index (χ2v) is 5.07. The third-order valence-electron chi connectivity index (χ3n) is 3.65. The zero-order chi connectivity index (χ0) is 15.2. The third kappa shape index (κ3) is 4.11. The molecule has 0 heterocycles. The van der Waals surface area contributed by atoms with E-state index in [0.29, 0.717) is 19.4 Å². The van der Waals surface area contributed by atoms with Crippen LogP contribution in [0.3, 0.4) is 0 Å². The van der Waals surface area contributed by atoms with E-state index in [4.69, 9.17) is 9.84 Å².